The van der Waals surface area contributed by atoms with Crippen LogP contribution in [0.5, 0.6) is 0 Å². The van der Waals surface area contributed by atoms with Crippen molar-refractivity contribution in [3.8, 4) is 0 Å². The van der Waals surface area contributed by atoms with Crippen LogP contribution in [0.4, 0.5) is 0 Å². The number of amides is 1. The van der Waals surface area contributed by atoms with E-state index in [1.807, 2.05) is 6.92 Å². The first-order chi connectivity index (χ1) is 8.71. The molecule has 1 aromatic carbocycles. The van der Waals surface area contributed by atoms with Crippen LogP contribution < -0.4 is 11.1 Å². The molecule has 0 spiro atoms. The van der Waals surface area contributed by atoms with E-state index in [2.05, 4.69) is 5.32 Å². The largest absolute Gasteiger partial charge is 0.352 e. The Morgan fingerprint density at radius 2 is 2.00 bits per heavy atom. The normalized spacial score (nSPS) is 12.4. The van der Waals surface area contributed by atoms with Gasteiger partial charge in [-0.2, -0.15) is 0 Å². The topological polar surface area (TPSA) is 89.3 Å². The van der Waals surface area contributed by atoms with Crippen molar-refractivity contribution in [3.05, 3.63) is 29.3 Å². The van der Waals surface area contributed by atoms with Gasteiger partial charge in [-0.3, -0.25) is 4.79 Å². The first-order valence-electron chi connectivity index (χ1n) is 6.06. The van der Waals surface area contributed by atoms with Gasteiger partial charge in [0, 0.05) is 24.4 Å². The van der Waals surface area contributed by atoms with E-state index < -0.39 is 9.84 Å². The average molecular weight is 321 g/mol. The second-order valence-electron chi connectivity index (χ2n) is 4.77. The van der Waals surface area contributed by atoms with Gasteiger partial charge >= 0.3 is 0 Å². The fourth-order valence-corrected chi connectivity index (χ4v) is 2.65. The Kier molecular flexibility index (Phi) is 7.19. The minimum absolute atomic E-state index is 0. The van der Waals surface area contributed by atoms with Crippen LogP contribution in [-0.2, 0) is 9.84 Å². The van der Waals surface area contributed by atoms with Gasteiger partial charge in [0.1, 0.15) is 0 Å². The molecule has 1 rings (SSSR count). The van der Waals surface area contributed by atoms with Gasteiger partial charge in [-0.15, -0.1) is 12.4 Å². The van der Waals surface area contributed by atoms with Crippen molar-refractivity contribution in [3.63, 3.8) is 0 Å². The number of carbonyl (C=O) groups is 1. The van der Waals surface area contributed by atoms with Crippen LogP contribution in [0, 0.1) is 6.92 Å². The third kappa shape index (κ3) is 5.48. The predicted molar refractivity (Wildman–Crippen MR) is 82.1 cm³/mol. The van der Waals surface area contributed by atoms with Gasteiger partial charge in [-0.1, -0.05) is 6.07 Å². The number of halogens is 1. The maximum Gasteiger partial charge on any atom is 0.251 e. The fraction of sp³-hybridized carbons (Fsp3) is 0.462. The number of rotatable bonds is 5. The summed E-state index contributed by atoms with van der Waals surface area (Å²) in [7, 11) is -3.32. The molecule has 1 amide bonds. The van der Waals surface area contributed by atoms with Gasteiger partial charge < -0.3 is 11.1 Å². The molecule has 0 fully saturated rings. The predicted octanol–water partition coefficient (Wildman–Crippen LogP) is 1.29. The molecule has 0 saturated carbocycles. The molecule has 0 saturated heterocycles. The molecule has 7 heteroatoms. The lowest BCUT2D eigenvalue weighted by atomic mass is 10.1. The standard InChI is InChI=1S/C13H20N2O3S.ClH/c1-9-4-5-11(8-12(9)19(3,17)18)13(16)15-7-6-10(2)14;/h4-5,8,10H,6-7,14H2,1-3H3,(H,15,16);1H. The van der Waals surface area contributed by atoms with Gasteiger partial charge in [0.05, 0.1) is 4.90 Å². The summed E-state index contributed by atoms with van der Waals surface area (Å²) < 4.78 is 23.2. The number of hydrogen-bond acceptors (Lipinski definition) is 4. The molecule has 0 bridgehead atoms. The molecule has 114 valence electrons. The van der Waals surface area contributed by atoms with Crippen LogP contribution in [0.15, 0.2) is 23.1 Å². The highest BCUT2D eigenvalue weighted by atomic mass is 35.5. The van der Waals surface area contributed by atoms with Crippen LogP contribution in [0.3, 0.4) is 0 Å². The Bertz CT molecular complexity index is 571. The minimum Gasteiger partial charge on any atom is -0.352 e. The molecule has 0 radical (unpaired) electrons. The molecular weight excluding hydrogens is 300 g/mol. The number of aryl methyl sites for hydroxylation is 1. The van der Waals surface area contributed by atoms with Gasteiger partial charge in [0.2, 0.25) is 0 Å². The molecule has 0 aliphatic heterocycles. The van der Waals surface area contributed by atoms with E-state index in [0.29, 0.717) is 24.1 Å². The Labute approximate surface area is 126 Å². The zero-order valence-corrected chi connectivity index (χ0v) is 13.5. The zero-order valence-electron chi connectivity index (χ0n) is 11.8. The third-order valence-electron chi connectivity index (χ3n) is 2.74. The van der Waals surface area contributed by atoms with Crippen LogP contribution in [0.25, 0.3) is 0 Å². The second-order valence-corrected chi connectivity index (χ2v) is 6.76. The summed E-state index contributed by atoms with van der Waals surface area (Å²) in [6.07, 6.45) is 1.81. The molecule has 0 aromatic heterocycles. The molecule has 3 N–H and O–H groups in total. The first kappa shape index (κ1) is 18.9. The number of benzene rings is 1. The molecule has 1 atom stereocenters. The van der Waals surface area contributed by atoms with Crippen LogP contribution >= 0.6 is 12.4 Å². The maximum atomic E-state index is 11.9. The lowest BCUT2D eigenvalue weighted by Crippen LogP contribution is -2.29. The molecule has 0 aliphatic carbocycles. The number of nitrogens with two attached hydrogens (primary N) is 1. The number of carbonyl (C=O) groups excluding carboxylic acids is 1. The maximum absolute atomic E-state index is 11.9. The number of nitrogens with one attached hydrogen (secondary N) is 1. The third-order valence-corrected chi connectivity index (χ3v) is 3.97. The first-order valence-corrected chi connectivity index (χ1v) is 7.95. The number of hydrogen-bond donors (Lipinski definition) is 2. The molecule has 20 heavy (non-hydrogen) atoms. The lowest BCUT2D eigenvalue weighted by molar-refractivity contribution is 0.0952. The Morgan fingerprint density at radius 1 is 1.40 bits per heavy atom. The highest BCUT2D eigenvalue weighted by Gasteiger charge is 2.14. The van der Waals surface area contributed by atoms with E-state index in [-0.39, 0.29) is 29.3 Å². The monoisotopic (exact) mass is 320 g/mol. The summed E-state index contributed by atoms with van der Waals surface area (Å²) in [5.74, 6) is -0.287. The summed E-state index contributed by atoms with van der Waals surface area (Å²) in [4.78, 5) is 12.1. The summed E-state index contributed by atoms with van der Waals surface area (Å²) in [6, 6.07) is 4.68. The molecule has 5 nitrogen and oxygen atoms in total. The van der Waals surface area contributed by atoms with Crippen molar-refractivity contribution in [2.24, 2.45) is 5.73 Å². The quantitative estimate of drug-likeness (QED) is 0.855. The summed E-state index contributed by atoms with van der Waals surface area (Å²) in [5, 5.41) is 2.71. The van der Waals surface area contributed by atoms with E-state index in [9.17, 15) is 13.2 Å². The van der Waals surface area contributed by atoms with Crippen molar-refractivity contribution in [1.82, 2.24) is 5.32 Å². The van der Waals surface area contributed by atoms with E-state index >= 15 is 0 Å². The van der Waals surface area contributed by atoms with Crippen LogP contribution in [0.2, 0.25) is 0 Å². The van der Waals surface area contributed by atoms with Crippen LogP contribution in [-0.4, -0.2) is 33.2 Å². The lowest BCUT2D eigenvalue weighted by Gasteiger charge is -2.09. The average Bonchev–Trinajstić information content (AvgIpc) is 2.27. The van der Waals surface area contributed by atoms with Crippen molar-refractivity contribution in [1.29, 1.82) is 0 Å². The van der Waals surface area contributed by atoms with Crippen molar-refractivity contribution < 1.29 is 13.2 Å². The van der Waals surface area contributed by atoms with Crippen molar-refractivity contribution in [2.75, 3.05) is 12.8 Å². The van der Waals surface area contributed by atoms with E-state index in [1.165, 1.54) is 6.07 Å². The molecular formula is C13H21ClN2O3S. The molecule has 1 unspecified atom stereocenters. The minimum atomic E-state index is -3.32. The van der Waals surface area contributed by atoms with E-state index in [4.69, 9.17) is 5.73 Å². The number of sulfone groups is 1. The highest BCUT2D eigenvalue weighted by Crippen LogP contribution is 2.16. The second kappa shape index (κ2) is 7.61. The smallest absolute Gasteiger partial charge is 0.251 e. The Hall–Kier alpha value is -1.11. The Morgan fingerprint density at radius 3 is 2.50 bits per heavy atom. The van der Waals surface area contributed by atoms with Crippen LogP contribution in [0.1, 0.15) is 29.3 Å². The highest BCUT2D eigenvalue weighted by molar-refractivity contribution is 7.90. The summed E-state index contributed by atoms with van der Waals surface area (Å²) >= 11 is 0. The van der Waals surface area contributed by atoms with E-state index in [0.717, 1.165) is 6.26 Å². The Balaban J connectivity index is 0.00000361. The molecule has 0 heterocycles. The fourth-order valence-electron chi connectivity index (χ4n) is 1.66. The summed E-state index contributed by atoms with van der Waals surface area (Å²) in [6.45, 7) is 4.03. The molecule has 1 aromatic rings. The van der Waals surface area contributed by atoms with Crippen molar-refractivity contribution >= 4 is 28.2 Å². The van der Waals surface area contributed by atoms with Gasteiger partial charge in [-0.25, -0.2) is 8.42 Å². The SMILES string of the molecule is Cc1ccc(C(=O)NCCC(C)N)cc1S(C)(=O)=O.Cl. The summed E-state index contributed by atoms with van der Waals surface area (Å²) in [5.41, 5.74) is 6.56. The van der Waals surface area contributed by atoms with E-state index in [1.54, 1.807) is 19.1 Å². The zero-order chi connectivity index (χ0) is 14.6. The molecule has 0 aliphatic rings. The van der Waals surface area contributed by atoms with Gasteiger partial charge in [0.25, 0.3) is 5.91 Å². The van der Waals surface area contributed by atoms with Gasteiger partial charge in [-0.05, 0) is 38.0 Å². The van der Waals surface area contributed by atoms with Crippen molar-refractivity contribution in [2.45, 2.75) is 31.2 Å². The van der Waals surface area contributed by atoms with Gasteiger partial charge in [0.15, 0.2) is 9.84 Å².